The highest BCUT2D eigenvalue weighted by atomic mass is 16.6. The van der Waals surface area contributed by atoms with E-state index in [1.807, 2.05) is 17.0 Å². The predicted molar refractivity (Wildman–Crippen MR) is 120 cm³/mol. The first kappa shape index (κ1) is 21.7. The van der Waals surface area contributed by atoms with Crippen LogP contribution in [0, 0.1) is 10.1 Å². The van der Waals surface area contributed by atoms with Crippen LogP contribution in [0.1, 0.15) is 31.9 Å². The van der Waals surface area contributed by atoms with E-state index in [4.69, 9.17) is 4.74 Å². The molecule has 0 bridgehead atoms. The summed E-state index contributed by atoms with van der Waals surface area (Å²) in [6, 6.07) is 13.1. The maximum absolute atomic E-state index is 13.5. The first-order valence-electron chi connectivity index (χ1n) is 10.5. The van der Waals surface area contributed by atoms with Gasteiger partial charge < -0.3 is 9.64 Å². The molecule has 1 fully saturated rings. The summed E-state index contributed by atoms with van der Waals surface area (Å²) in [5.41, 5.74) is 2.50. The molecule has 0 aromatic heterocycles. The van der Waals surface area contributed by atoms with Crippen LogP contribution in [0.25, 0.3) is 5.57 Å². The summed E-state index contributed by atoms with van der Waals surface area (Å²) in [6.45, 7) is 8.18. The van der Waals surface area contributed by atoms with Crippen LogP contribution in [-0.4, -0.2) is 47.9 Å². The number of nitro groups is 1. The minimum absolute atomic E-state index is 0.0569. The lowest BCUT2D eigenvalue weighted by Crippen LogP contribution is -2.40. The summed E-state index contributed by atoms with van der Waals surface area (Å²) in [4.78, 5) is 40.6. The maximum atomic E-state index is 13.5. The zero-order valence-corrected chi connectivity index (χ0v) is 18.3. The molecule has 2 heterocycles. The molecule has 32 heavy (non-hydrogen) atoms. The first-order valence-corrected chi connectivity index (χ1v) is 10.5. The normalized spacial score (nSPS) is 17.3. The van der Waals surface area contributed by atoms with Gasteiger partial charge in [-0.2, -0.15) is 0 Å². The number of hydrogen-bond acceptors (Lipinski definition) is 6. The second-order valence-corrected chi connectivity index (χ2v) is 8.87. The Kier molecular flexibility index (Phi) is 5.56. The fourth-order valence-corrected chi connectivity index (χ4v) is 3.95. The van der Waals surface area contributed by atoms with Crippen LogP contribution in [0.4, 0.5) is 11.4 Å². The molecule has 0 aliphatic carbocycles. The molecule has 1 saturated heterocycles. The Labute approximate surface area is 186 Å². The quantitative estimate of drug-likeness (QED) is 0.415. The number of anilines is 1. The number of nitrogens with zero attached hydrogens (tertiary/aromatic N) is 3. The molecule has 2 aliphatic heterocycles. The highest BCUT2D eigenvalue weighted by Crippen LogP contribution is 2.36. The summed E-state index contributed by atoms with van der Waals surface area (Å²) in [5.74, 6) is -0.831. The van der Waals surface area contributed by atoms with Crippen LogP contribution in [0.3, 0.4) is 0 Å². The standard InChI is InChI=1S/C24H25N3O5/c1-24(2,3)17-6-10-18(11-7-17)26-22(28)20(16-4-8-19(9-5-16)27(30)31)21(23(26)29)25-12-14-32-15-13-25/h4-11H,12-15H2,1-3H3. The van der Waals surface area contributed by atoms with Crippen LogP contribution in [0.15, 0.2) is 54.2 Å². The number of ether oxygens (including phenoxy) is 1. The summed E-state index contributed by atoms with van der Waals surface area (Å²) >= 11 is 0. The monoisotopic (exact) mass is 435 g/mol. The zero-order chi connectivity index (χ0) is 23.0. The van der Waals surface area contributed by atoms with Gasteiger partial charge in [0.15, 0.2) is 0 Å². The molecule has 8 nitrogen and oxygen atoms in total. The number of amides is 2. The van der Waals surface area contributed by atoms with Gasteiger partial charge in [0, 0.05) is 25.2 Å². The van der Waals surface area contributed by atoms with E-state index < -0.39 is 16.7 Å². The molecule has 0 saturated carbocycles. The van der Waals surface area contributed by atoms with E-state index in [0.717, 1.165) is 5.56 Å². The molecule has 2 aromatic carbocycles. The summed E-state index contributed by atoms with van der Waals surface area (Å²) < 4.78 is 5.41. The summed E-state index contributed by atoms with van der Waals surface area (Å²) in [7, 11) is 0. The fourth-order valence-electron chi connectivity index (χ4n) is 3.95. The molecule has 0 N–H and O–H groups in total. The van der Waals surface area contributed by atoms with E-state index in [2.05, 4.69) is 20.8 Å². The number of rotatable bonds is 4. The van der Waals surface area contributed by atoms with Gasteiger partial charge in [-0.05, 0) is 40.8 Å². The van der Waals surface area contributed by atoms with Crippen molar-refractivity contribution in [1.82, 2.24) is 4.90 Å². The number of carbonyl (C=O) groups excluding carboxylic acids is 2. The molecule has 8 heteroatoms. The minimum atomic E-state index is -0.494. The number of imide groups is 1. The smallest absolute Gasteiger partial charge is 0.282 e. The first-order chi connectivity index (χ1) is 15.2. The van der Waals surface area contributed by atoms with E-state index in [-0.39, 0.29) is 16.7 Å². The largest absolute Gasteiger partial charge is 0.378 e. The molecule has 2 aliphatic rings. The molecule has 0 radical (unpaired) electrons. The molecular formula is C24H25N3O5. The molecular weight excluding hydrogens is 410 g/mol. The Morgan fingerprint density at radius 2 is 1.50 bits per heavy atom. The summed E-state index contributed by atoms with van der Waals surface area (Å²) in [6.07, 6.45) is 0. The van der Waals surface area contributed by atoms with Crippen molar-refractivity contribution in [2.45, 2.75) is 26.2 Å². The van der Waals surface area contributed by atoms with Gasteiger partial charge in [0.05, 0.1) is 29.4 Å². The van der Waals surface area contributed by atoms with Gasteiger partial charge in [-0.15, -0.1) is 0 Å². The number of benzene rings is 2. The van der Waals surface area contributed by atoms with Gasteiger partial charge in [0.1, 0.15) is 5.70 Å². The van der Waals surface area contributed by atoms with E-state index >= 15 is 0 Å². The van der Waals surface area contributed by atoms with Gasteiger partial charge >= 0.3 is 0 Å². The fraction of sp³-hybridized carbons (Fsp3) is 0.333. The van der Waals surface area contributed by atoms with Crippen molar-refractivity contribution in [3.8, 4) is 0 Å². The summed E-state index contributed by atoms with van der Waals surface area (Å²) in [5, 5.41) is 11.0. The van der Waals surface area contributed by atoms with E-state index in [1.54, 1.807) is 12.1 Å². The van der Waals surface area contributed by atoms with Crippen molar-refractivity contribution in [2.24, 2.45) is 0 Å². The van der Waals surface area contributed by atoms with E-state index in [0.29, 0.717) is 43.3 Å². The molecule has 166 valence electrons. The predicted octanol–water partition coefficient (Wildman–Crippen LogP) is 3.51. The van der Waals surface area contributed by atoms with Crippen molar-refractivity contribution in [3.05, 3.63) is 75.5 Å². The third-order valence-corrected chi connectivity index (χ3v) is 5.75. The minimum Gasteiger partial charge on any atom is -0.378 e. The van der Waals surface area contributed by atoms with Gasteiger partial charge in [0.2, 0.25) is 0 Å². The van der Waals surface area contributed by atoms with Crippen LogP contribution in [0.2, 0.25) is 0 Å². The average Bonchev–Trinajstić information content (AvgIpc) is 3.04. The Bertz CT molecular complexity index is 1090. The lowest BCUT2D eigenvalue weighted by molar-refractivity contribution is -0.384. The molecule has 0 unspecified atom stereocenters. The number of morpholine rings is 1. The van der Waals surface area contributed by atoms with Gasteiger partial charge in [-0.1, -0.05) is 32.9 Å². The molecule has 2 aromatic rings. The average molecular weight is 435 g/mol. The Morgan fingerprint density at radius 3 is 2.03 bits per heavy atom. The van der Waals surface area contributed by atoms with Crippen LogP contribution < -0.4 is 4.90 Å². The molecule has 0 spiro atoms. The number of nitro benzene ring substituents is 1. The van der Waals surface area contributed by atoms with Crippen molar-refractivity contribution >= 4 is 28.8 Å². The number of non-ortho nitro benzene ring substituents is 1. The van der Waals surface area contributed by atoms with Crippen LogP contribution in [0.5, 0.6) is 0 Å². The Hall–Kier alpha value is -3.52. The topological polar surface area (TPSA) is 93.0 Å². The second kappa shape index (κ2) is 8.20. The van der Waals surface area contributed by atoms with Crippen LogP contribution >= 0.6 is 0 Å². The number of hydrogen-bond donors (Lipinski definition) is 0. The van der Waals surface area contributed by atoms with Crippen molar-refractivity contribution in [1.29, 1.82) is 0 Å². The number of carbonyl (C=O) groups is 2. The van der Waals surface area contributed by atoms with Gasteiger partial charge in [-0.25, -0.2) is 4.90 Å². The van der Waals surface area contributed by atoms with Crippen molar-refractivity contribution in [2.75, 3.05) is 31.2 Å². The molecule has 2 amide bonds. The lowest BCUT2D eigenvalue weighted by Gasteiger charge is -2.29. The molecule has 4 rings (SSSR count). The van der Waals surface area contributed by atoms with E-state index in [1.165, 1.54) is 29.2 Å². The Balaban J connectivity index is 1.77. The van der Waals surface area contributed by atoms with Crippen molar-refractivity contribution in [3.63, 3.8) is 0 Å². The second-order valence-electron chi connectivity index (χ2n) is 8.87. The highest BCUT2D eigenvalue weighted by molar-refractivity contribution is 6.45. The van der Waals surface area contributed by atoms with Gasteiger partial charge in [0.25, 0.3) is 17.5 Å². The van der Waals surface area contributed by atoms with Gasteiger partial charge in [-0.3, -0.25) is 19.7 Å². The van der Waals surface area contributed by atoms with Crippen LogP contribution in [-0.2, 0) is 19.7 Å². The lowest BCUT2D eigenvalue weighted by atomic mass is 9.87. The Morgan fingerprint density at radius 1 is 0.906 bits per heavy atom. The third kappa shape index (κ3) is 3.89. The third-order valence-electron chi connectivity index (χ3n) is 5.75. The van der Waals surface area contributed by atoms with E-state index in [9.17, 15) is 19.7 Å². The maximum Gasteiger partial charge on any atom is 0.282 e. The highest BCUT2D eigenvalue weighted by Gasteiger charge is 2.42. The molecule has 0 atom stereocenters. The SMILES string of the molecule is CC(C)(C)c1ccc(N2C(=O)C(c3ccc([N+](=O)[O-])cc3)=C(N3CCOCC3)C2=O)cc1. The zero-order valence-electron chi connectivity index (χ0n) is 18.3. The van der Waals surface area contributed by atoms with Crippen molar-refractivity contribution < 1.29 is 19.2 Å².